The van der Waals surface area contributed by atoms with Gasteiger partial charge in [-0.2, -0.15) is 5.10 Å². The van der Waals surface area contributed by atoms with Gasteiger partial charge < -0.3 is 14.4 Å². The lowest BCUT2D eigenvalue weighted by Gasteiger charge is -2.22. The Morgan fingerprint density at radius 2 is 2.00 bits per heavy atom. The van der Waals surface area contributed by atoms with Gasteiger partial charge in [-0.25, -0.2) is 0 Å². The molecule has 6 heteroatoms. The first-order valence-electron chi connectivity index (χ1n) is 11.5. The maximum Gasteiger partial charge on any atom is 0.275 e. The van der Waals surface area contributed by atoms with Gasteiger partial charge >= 0.3 is 0 Å². The summed E-state index contributed by atoms with van der Waals surface area (Å²) in [5, 5.41) is 7.48. The van der Waals surface area contributed by atoms with Crippen molar-refractivity contribution >= 4 is 5.91 Å². The fourth-order valence-electron chi connectivity index (χ4n) is 4.74. The van der Waals surface area contributed by atoms with Gasteiger partial charge in [-0.1, -0.05) is 36.4 Å². The Kier molecular flexibility index (Phi) is 5.95. The Morgan fingerprint density at radius 1 is 1.16 bits per heavy atom. The number of amides is 1. The molecular formula is C26H29N3O3. The Balaban J connectivity index is 1.43. The first kappa shape index (κ1) is 20.8. The number of fused-ring (bicyclic) bond motifs is 2. The molecule has 1 aromatic heterocycles. The van der Waals surface area contributed by atoms with E-state index in [0.29, 0.717) is 32.0 Å². The monoisotopic (exact) mass is 431 g/mol. The average Bonchev–Trinajstić information content (AvgIpc) is 3.15. The molecule has 0 unspecified atom stereocenters. The number of benzene rings is 2. The largest absolute Gasteiger partial charge is 0.491 e. The molecule has 2 heterocycles. The quantitative estimate of drug-likeness (QED) is 0.648. The number of carbonyl (C=O) groups excluding carboxylic acids is 1. The summed E-state index contributed by atoms with van der Waals surface area (Å²) in [6.45, 7) is 4.13. The Labute approximate surface area is 188 Å². The number of aryl methyl sites for hydroxylation is 1. The second-order valence-corrected chi connectivity index (χ2v) is 8.42. The molecule has 6 nitrogen and oxygen atoms in total. The number of rotatable bonds is 5. The minimum Gasteiger partial charge on any atom is -0.491 e. The van der Waals surface area contributed by atoms with Crippen LogP contribution in [0.15, 0.2) is 48.5 Å². The number of hydrogen-bond acceptors (Lipinski definition) is 4. The smallest absolute Gasteiger partial charge is 0.275 e. The van der Waals surface area contributed by atoms with Gasteiger partial charge in [0.15, 0.2) is 5.69 Å². The highest BCUT2D eigenvalue weighted by atomic mass is 16.5. The molecule has 1 N–H and O–H groups in total. The van der Waals surface area contributed by atoms with Gasteiger partial charge in [-0.05, 0) is 55.9 Å². The van der Waals surface area contributed by atoms with Crippen LogP contribution in [0.5, 0.6) is 5.75 Å². The van der Waals surface area contributed by atoms with Crippen LogP contribution >= 0.6 is 0 Å². The Morgan fingerprint density at radius 3 is 2.84 bits per heavy atom. The number of nitrogens with one attached hydrogen (secondary N) is 1. The zero-order chi connectivity index (χ0) is 21.9. The molecule has 3 aromatic rings. The highest BCUT2D eigenvalue weighted by Crippen LogP contribution is 2.32. The van der Waals surface area contributed by atoms with E-state index in [-0.39, 0.29) is 12.0 Å². The molecule has 32 heavy (non-hydrogen) atoms. The molecule has 0 spiro atoms. The SMILES string of the molecule is CCO[C@@H](c1ccccc1)c1ccc2c(c1)CN(C(=O)c1n[nH]c3c1CCCC3)CCO2. The van der Waals surface area contributed by atoms with Crippen LogP contribution in [-0.4, -0.2) is 40.8 Å². The predicted molar refractivity (Wildman–Crippen MR) is 122 cm³/mol. The van der Waals surface area contributed by atoms with Crippen molar-refractivity contribution in [3.8, 4) is 5.75 Å². The first-order chi connectivity index (χ1) is 15.7. The second-order valence-electron chi connectivity index (χ2n) is 8.42. The van der Waals surface area contributed by atoms with E-state index < -0.39 is 0 Å². The van der Waals surface area contributed by atoms with Gasteiger partial charge in [0.1, 0.15) is 18.5 Å². The summed E-state index contributed by atoms with van der Waals surface area (Å²) in [5.41, 5.74) is 5.97. The van der Waals surface area contributed by atoms with Crippen molar-refractivity contribution in [1.82, 2.24) is 15.1 Å². The number of aromatic nitrogens is 2. The molecule has 2 aromatic carbocycles. The number of aromatic amines is 1. The van der Waals surface area contributed by atoms with Gasteiger partial charge in [0.25, 0.3) is 5.91 Å². The van der Waals surface area contributed by atoms with Gasteiger partial charge in [-0.15, -0.1) is 0 Å². The molecule has 1 aliphatic heterocycles. The van der Waals surface area contributed by atoms with E-state index in [1.165, 1.54) is 0 Å². The molecule has 166 valence electrons. The van der Waals surface area contributed by atoms with E-state index in [0.717, 1.165) is 59.4 Å². The van der Waals surface area contributed by atoms with Crippen LogP contribution < -0.4 is 4.74 Å². The van der Waals surface area contributed by atoms with E-state index in [4.69, 9.17) is 9.47 Å². The Bertz CT molecular complexity index is 1090. The lowest BCUT2D eigenvalue weighted by Crippen LogP contribution is -2.33. The summed E-state index contributed by atoms with van der Waals surface area (Å²) < 4.78 is 12.1. The van der Waals surface area contributed by atoms with Crippen LogP contribution in [0.4, 0.5) is 0 Å². The molecule has 1 aliphatic carbocycles. The van der Waals surface area contributed by atoms with Gasteiger partial charge in [-0.3, -0.25) is 9.89 Å². The summed E-state index contributed by atoms with van der Waals surface area (Å²) >= 11 is 0. The van der Waals surface area contributed by atoms with Gasteiger partial charge in [0, 0.05) is 30.0 Å². The number of ether oxygens (including phenoxy) is 2. The van der Waals surface area contributed by atoms with Gasteiger partial charge in [0.05, 0.1) is 6.54 Å². The molecule has 0 radical (unpaired) electrons. The average molecular weight is 432 g/mol. The maximum absolute atomic E-state index is 13.4. The molecule has 1 atom stereocenters. The molecule has 2 aliphatic rings. The highest BCUT2D eigenvalue weighted by Gasteiger charge is 2.28. The lowest BCUT2D eigenvalue weighted by molar-refractivity contribution is 0.0726. The summed E-state index contributed by atoms with van der Waals surface area (Å²) in [6.07, 6.45) is 4.01. The fourth-order valence-corrected chi connectivity index (χ4v) is 4.74. The van der Waals surface area contributed by atoms with Crippen molar-refractivity contribution in [3.05, 3.63) is 82.2 Å². The minimum absolute atomic E-state index is 0.0179. The van der Waals surface area contributed by atoms with Crippen LogP contribution in [0.25, 0.3) is 0 Å². The van der Waals surface area contributed by atoms with Crippen LogP contribution in [-0.2, 0) is 24.1 Å². The van der Waals surface area contributed by atoms with E-state index in [9.17, 15) is 4.79 Å². The molecule has 0 bridgehead atoms. The molecule has 0 saturated carbocycles. The van der Waals surface area contributed by atoms with Crippen molar-refractivity contribution in [3.63, 3.8) is 0 Å². The third-order valence-electron chi connectivity index (χ3n) is 6.35. The summed E-state index contributed by atoms with van der Waals surface area (Å²) in [5.74, 6) is 0.812. The first-order valence-corrected chi connectivity index (χ1v) is 11.5. The zero-order valence-electron chi connectivity index (χ0n) is 18.5. The number of carbonyl (C=O) groups is 1. The summed E-state index contributed by atoms with van der Waals surface area (Å²) in [6, 6.07) is 16.4. The third-order valence-corrected chi connectivity index (χ3v) is 6.35. The third kappa shape index (κ3) is 4.02. The number of nitrogens with zero attached hydrogens (tertiary/aromatic N) is 2. The van der Waals surface area contributed by atoms with E-state index >= 15 is 0 Å². The van der Waals surface area contributed by atoms with E-state index in [1.807, 2.05) is 36.1 Å². The molecule has 0 saturated heterocycles. The fraction of sp³-hybridized carbons (Fsp3) is 0.385. The summed E-state index contributed by atoms with van der Waals surface area (Å²) in [4.78, 5) is 15.3. The summed E-state index contributed by atoms with van der Waals surface area (Å²) in [7, 11) is 0. The maximum atomic E-state index is 13.4. The second kappa shape index (κ2) is 9.17. The van der Waals surface area contributed by atoms with Crippen molar-refractivity contribution in [2.24, 2.45) is 0 Å². The molecule has 1 amide bonds. The van der Waals surface area contributed by atoms with Crippen LogP contribution in [0.2, 0.25) is 0 Å². The highest BCUT2D eigenvalue weighted by molar-refractivity contribution is 5.94. The van der Waals surface area contributed by atoms with Crippen molar-refractivity contribution in [2.75, 3.05) is 19.8 Å². The molecular weight excluding hydrogens is 402 g/mol. The van der Waals surface area contributed by atoms with Crippen LogP contribution in [0.3, 0.4) is 0 Å². The Hall–Kier alpha value is -3.12. The predicted octanol–water partition coefficient (Wildman–Crippen LogP) is 4.45. The minimum atomic E-state index is -0.155. The van der Waals surface area contributed by atoms with Gasteiger partial charge in [0.2, 0.25) is 0 Å². The molecule has 5 rings (SSSR count). The van der Waals surface area contributed by atoms with Crippen LogP contribution in [0, 0.1) is 0 Å². The molecule has 0 fully saturated rings. The number of H-pyrrole nitrogens is 1. The zero-order valence-corrected chi connectivity index (χ0v) is 18.5. The van der Waals surface area contributed by atoms with Crippen molar-refractivity contribution in [1.29, 1.82) is 0 Å². The lowest BCUT2D eigenvalue weighted by atomic mass is 9.95. The number of hydrogen-bond donors (Lipinski definition) is 1. The van der Waals surface area contributed by atoms with Crippen molar-refractivity contribution in [2.45, 2.75) is 45.3 Å². The van der Waals surface area contributed by atoms with E-state index in [2.05, 4.69) is 34.5 Å². The standard InChI is InChI=1S/C26H29N3O3/c1-2-31-25(18-8-4-3-5-9-18)19-12-13-23-20(16-19)17-29(14-15-32-23)26(30)24-21-10-6-7-11-22(21)27-28-24/h3-5,8-9,12-13,16,25H,2,6-7,10-11,14-15,17H2,1H3,(H,27,28)/t25-/m0/s1. The topological polar surface area (TPSA) is 67.5 Å². The van der Waals surface area contributed by atoms with Crippen LogP contribution in [0.1, 0.15) is 64.3 Å². The van der Waals surface area contributed by atoms with Crippen molar-refractivity contribution < 1.29 is 14.3 Å². The normalized spacial score (nSPS) is 16.5. The van der Waals surface area contributed by atoms with E-state index in [1.54, 1.807) is 0 Å².